The van der Waals surface area contributed by atoms with Crippen molar-refractivity contribution in [2.75, 3.05) is 20.1 Å². The van der Waals surface area contributed by atoms with Crippen LogP contribution in [0.5, 0.6) is 0 Å². The third-order valence-corrected chi connectivity index (χ3v) is 5.16. The monoisotopic (exact) mass is 364 g/mol. The number of carbonyl (C=O) groups excluding carboxylic acids is 2. The summed E-state index contributed by atoms with van der Waals surface area (Å²) < 4.78 is 5.08. The second-order valence-corrected chi connectivity index (χ2v) is 7.11. The molecule has 0 saturated carbocycles. The normalized spacial score (nSPS) is 26.8. The van der Waals surface area contributed by atoms with Gasteiger partial charge in [-0.25, -0.2) is 4.79 Å². The van der Waals surface area contributed by atoms with Crippen molar-refractivity contribution in [1.29, 1.82) is 5.26 Å². The molecule has 1 fully saturated rings. The van der Waals surface area contributed by atoms with Gasteiger partial charge >= 0.3 is 5.97 Å². The van der Waals surface area contributed by atoms with Gasteiger partial charge in [-0.15, -0.1) is 0 Å². The van der Waals surface area contributed by atoms with Gasteiger partial charge in [0.15, 0.2) is 7.98 Å². The number of nitrogens with one attached hydrogen (secondary N) is 1. The highest BCUT2D eigenvalue weighted by Gasteiger charge is 2.59. The molecule has 2 aliphatic rings. The zero-order chi connectivity index (χ0) is 18.7. The van der Waals surface area contributed by atoms with Gasteiger partial charge in [-0.2, -0.15) is 5.26 Å². The molecule has 2 rings (SSSR count). The maximum atomic E-state index is 12.5. The van der Waals surface area contributed by atoms with Gasteiger partial charge < -0.3 is 24.4 Å². The molecule has 1 saturated heterocycles. The van der Waals surface area contributed by atoms with Gasteiger partial charge in [0.2, 0.25) is 5.91 Å². The van der Waals surface area contributed by atoms with Crippen molar-refractivity contribution in [2.24, 2.45) is 11.8 Å². The summed E-state index contributed by atoms with van der Waals surface area (Å²) in [6, 6.07) is 1.84. The van der Waals surface area contributed by atoms with E-state index < -0.39 is 26.9 Å². The SMILES string of the molecule is [B]NPOC(=O)C1=C(CN(C)CCC#N)[C@H](C)[C@@H]2[C@@H]([C@@H](C)O)C(=O)N12. The fraction of sp³-hybridized carbons (Fsp3) is 0.667. The van der Waals surface area contributed by atoms with Crippen molar-refractivity contribution >= 4 is 28.8 Å². The Morgan fingerprint density at radius 1 is 1.64 bits per heavy atom. The molecule has 10 heteroatoms. The smallest absolute Gasteiger partial charge is 0.358 e. The van der Waals surface area contributed by atoms with Gasteiger partial charge in [0, 0.05) is 25.4 Å². The number of aliphatic hydroxyl groups is 1. The summed E-state index contributed by atoms with van der Waals surface area (Å²) in [6.07, 6.45) is -0.407. The van der Waals surface area contributed by atoms with Crippen LogP contribution in [0, 0.1) is 23.2 Å². The van der Waals surface area contributed by atoms with Crippen LogP contribution in [-0.4, -0.2) is 67.0 Å². The summed E-state index contributed by atoms with van der Waals surface area (Å²) in [5.74, 6) is -1.47. The summed E-state index contributed by atoms with van der Waals surface area (Å²) in [7, 11) is 6.60. The van der Waals surface area contributed by atoms with Crippen molar-refractivity contribution in [3.05, 3.63) is 11.3 Å². The molecule has 2 aliphatic heterocycles. The number of aliphatic hydroxyl groups excluding tert-OH is 1. The van der Waals surface area contributed by atoms with E-state index in [4.69, 9.17) is 17.8 Å². The third kappa shape index (κ3) is 3.72. The lowest BCUT2D eigenvalue weighted by Gasteiger charge is -2.46. The number of likely N-dealkylation sites (N-methyl/N-ethyl adjacent to an activating group) is 1. The lowest BCUT2D eigenvalue weighted by atomic mass is 9.77. The summed E-state index contributed by atoms with van der Waals surface area (Å²) in [6.45, 7) is 4.52. The molecule has 0 aromatic carbocycles. The number of nitrogens with zero attached hydrogens (tertiary/aromatic N) is 3. The average Bonchev–Trinajstić information content (AvgIpc) is 2.79. The molecule has 25 heavy (non-hydrogen) atoms. The third-order valence-electron chi connectivity index (χ3n) is 4.76. The standard InChI is InChI=1S/C15H22BN4O4P/c1-8-10(7-19(3)6-4-5-17)13(15(23)24-25-18-16)20-12(8)11(9(2)21)14(20)22/h8-9,11-12,18,21,25H,4,6-7H2,1-3H3/t8-,9+,11+,12+/m0/s1. The number of carbonyl (C=O) groups is 2. The first kappa shape index (κ1) is 19.9. The first-order valence-corrected chi connectivity index (χ1v) is 8.97. The molecule has 1 unspecified atom stereocenters. The van der Waals surface area contributed by atoms with E-state index in [1.807, 2.05) is 18.9 Å². The molecule has 0 aromatic heterocycles. The van der Waals surface area contributed by atoms with Crippen molar-refractivity contribution < 1.29 is 19.2 Å². The highest BCUT2D eigenvalue weighted by Crippen LogP contribution is 2.47. The molecule has 0 aliphatic carbocycles. The summed E-state index contributed by atoms with van der Waals surface area (Å²) in [4.78, 5) is 30.6. The minimum atomic E-state index is -0.781. The molecule has 8 nitrogen and oxygen atoms in total. The van der Waals surface area contributed by atoms with Crippen LogP contribution in [0.2, 0.25) is 0 Å². The topological polar surface area (TPSA) is 106 Å². The first-order valence-electron chi connectivity index (χ1n) is 8.06. The van der Waals surface area contributed by atoms with Gasteiger partial charge in [0.1, 0.15) is 14.7 Å². The minimum Gasteiger partial charge on any atom is -0.428 e. The van der Waals surface area contributed by atoms with Gasteiger partial charge in [-0.3, -0.25) is 4.79 Å². The predicted octanol–water partition coefficient (Wildman–Crippen LogP) is -0.332. The maximum absolute atomic E-state index is 12.5. The molecule has 5 atom stereocenters. The first-order chi connectivity index (χ1) is 11.8. The van der Waals surface area contributed by atoms with Crippen molar-refractivity contribution in [3.63, 3.8) is 0 Å². The van der Waals surface area contributed by atoms with E-state index >= 15 is 0 Å². The zero-order valence-electron chi connectivity index (χ0n) is 14.5. The molecule has 0 spiro atoms. The highest BCUT2D eigenvalue weighted by molar-refractivity contribution is 7.32. The van der Waals surface area contributed by atoms with Crippen LogP contribution in [0.3, 0.4) is 0 Å². The highest BCUT2D eigenvalue weighted by atomic mass is 31.1. The minimum absolute atomic E-state index is 0.0847. The molecule has 134 valence electrons. The van der Waals surface area contributed by atoms with E-state index in [9.17, 15) is 14.7 Å². The molecular weight excluding hydrogens is 342 g/mol. The van der Waals surface area contributed by atoms with E-state index in [1.54, 1.807) is 6.92 Å². The van der Waals surface area contributed by atoms with Crippen LogP contribution in [0.1, 0.15) is 20.3 Å². The number of hydrogen-bond donors (Lipinski definition) is 2. The van der Waals surface area contributed by atoms with Crippen LogP contribution in [-0.2, 0) is 14.1 Å². The molecule has 0 aromatic rings. The van der Waals surface area contributed by atoms with Gasteiger partial charge in [-0.1, -0.05) is 6.92 Å². The fourth-order valence-corrected chi connectivity index (χ4v) is 3.83. The maximum Gasteiger partial charge on any atom is 0.358 e. The quantitative estimate of drug-likeness (QED) is 0.345. The van der Waals surface area contributed by atoms with E-state index in [1.165, 1.54) is 4.90 Å². The molecule has 2 heterocycles. The Hall–Kier alpha value is -1.46. The van der Waals surface area contributed by atoms with Crippen molar-refractivity contribution in [1.82, 2.24) is 14.8 Å². The van der Waals surface area contributed by atoms with Crippen LogP contribution in [0.25, 0.3) is 0 Å². The Balaban J connectivity index is 2.29. The van der Waals surface area contributed by atoms with E-state index in [-0.39, 0.29) is 23.6 Å². The Kier molecular flexibility index (Phi) is 6.58. The number of amides is 1. The second kappa shape index (κ2) is 8.28. The molecule has 2 radical (unpaired) electrons. The number of nitriles is 1. The second-order valence-electron chi connectivity index (χ2n) is 6.41. The van der Waals surface area contributed by atoms with Gasteiger partial charge in [-0.05, 0) is 19.5 Å². The Morgan fingerprint density at radius 3 is 2.88 bits per heavy atom. The molecule has 1 amide bonds. The largest absolute Gasteiger partial charge is 0.428 e. The Labute approximate surface area is 150 Å². The van der Waals surface area contributed by atoms with Gasteiger partial charge in [0.05, 0.1) is 24.1 Å². The predicted molar refractivity (Wildman–Crippen MR) is 93.0 cm³/mol. The van der Waals surface area contributed by atoms with Gasteiger partial charge in [0.25, 0.3) is 0 Å². The van der Waals surface area contributed by atoms with E-state index in [2.05, 4.69) is 11.1 Å². The van der Waals surface area contributed by atoms with Crippen LogP contribution in [0.4, 0.5) is 0 Å². The average molecular weight is 364 g/mol. The molecular formula is C15H22BN4O4P. The number of hydrogen-bond acceptors (Lipinski definition) is 7. The van der Waals surface area contributed by atoms with Crippen LogP contribution >= 0.6 is 8.96 Å². The fourth-order valence-electron chi connectivity index (χ4n) is 3.58. The number of β-lactam (4-membered cyclic amide) rings is 1. The van der Waals surface area contributed by atoms with E-state index in [0.29, 0.717) is 19.5 Å². The van der Waals surface area contributed by atoms with Crippen LogP contribution < -0.4 is 5.00 Å². The summed E-state index contributed by atoms with van der Waals surface area (Å²) in [5.41, 5.74) is 1.03. The van der Waals surface area contributed by atoms with E-state index in [0.717, 1.165) is 5.57 Å². The number of rotatable bonds is 8. The Bertz CT molecular complexity index is 621. The number of fused-ring (bicyclic) bond motifs is 1. The molecule has 0 bridgehead atoms. The van der Waals surface area contributed by atoms with Crippen molar-refractivity contribution in [3.8, 4) is 6.07 Å². The van der Waals surface area contributed by atoms with Crippen molar-refractivity contribution in [2.45, 2.75) is 32.4 Å². The summed E-state index contributed by atoms with van der Waals surface area (Å²) in [5, 5.41) is 18.6. The lowest BCUT2D eigenvalue weighted by Crippen LogP contribution is -2.63. The molecule has 2 N–H and O–H groups in total. The Morgan fingerprint density at radius 2 is 2.32 bits per heavy atom. The zero-order valence-corrected chi connectivity index (χ0v) is 15.5. The summed E-state index contributed by atoms with van der Waals surface area (Å²) >= 11 is 0. The van der Waals surface area contributed by atoms with Crippen LogP contribution in [0.15, 0.2) is 11.3 Å². The lowest BCUT2D eigenvalue weighted by molar-refractivity contribution is -0.162.